The van der Waals surface area contributed by atoms with Crippen LogP contribution >= 0.6 is 0 Å². The van der Waals surface area contributed by atoms with Gasteiger partial charge in [0, 0.05) is 28.2 Å². The van der Waals surface area contributed by atoms with Crippen molar-refractivity contribution in [3.8, 4) is 11.4 Å². The number of hydrogen-bond donors (Lipinski definition) is 0. The first-order valence-corrected chi connectivity index (χ1v) is 14.1. The van der Waals surface area contributed by atoms with Crippen LogP contribution in [0.2, 0.25) is 0 Å². The fraction of sp³-hybridized carbons (Fsp3) is 0.222. The van der Waals surface area contributed by atoms with E-state index in [4.69, 9.17) is 4.74 Å². The van der Waals surface area contributed by atoms with Gasteiger partial charge in [0.05, 0.1) is 5.52 Å². The number of fused-ring (bicyclic) bond motifs is 7. The second-order valence-corrected chi connectivity index (χ2v) is 11.0. The van der Waals surface area contributed by atoms with Crippen LogP contribution < -0.4 is 4.74 Å². The molecule has 0 amide bonds. The van der Waals surface area contributed by atoms with Gasteiger partial charge in [-0.15, -0.1) is 0 Å². The average Bonchev–Trinajstić information content (AvgIpc) is 3.53. The Bertz CT molecular complexity index is 1650. The van der Waals surface area contributed by atoms with Crippen LogP contribution in [0, 0.1) is 0 Å². The highest BCUT2D eigenvalue weighted by Gasteiger charge is 2.35. The van der Waals surface area contributed by atoms with Gasteiger partial charge in [-0.1, -0.05) is 66.8 Å². The molecule has 0 saturated carbocycles. The summed E-state index contributed by atoms with van der Waals surface area (Å²) in [5.74, 6) is 1.40. The number of rotatable bonds is 3. The molecule has 0 spiro atoms. The Morgan fingerprint density at radius 3 is 2.21 bits per heavy atom. The molecule has 2 heterocycles. The number of nitrogens with zero attached hydrogens (tertiary/aromatic N) is 1. The smallest absolute Gasteiger partial charge is 0.133 e. The van der Waals surface area contributed by atoms with Crippen LogP contribution in [-0.2, 0) is 6.42 Å². The van der Waals surface area contributed by atoms with Crippen molar-refractivity contribution in [3.63, 3.8) is 0 Å². The molecular formula is C36H31NO. The number of benzene rings is 2. The maximum absolute atomic E-state index is 6.67. The molecule has 2 nitrogen and oxygen atoms in total. The normalized spacial score (nSPS) is 22.6. The van der Waals surface area contributed by atoms with E-state index in [1.807, 2.05) is 0 Å². The number of aromatic nitrogens is 1. The van der Waals surface area contributed by atoms with Crippen molar-refractivity contribution in [2.24, 2.45) is 0 Å². The summed E-state index contributed by atoms with van der Waals surface area (Å²) in [6, 6.07) is 11.9. The average molecular weight is 494 g/mol. The van der Waals surface area contributed by atoms with Gasteiger partial charge >= 0.3 is 0 Å². The van der Waals surface area contributed by atoms with E-state index in [0.717, 1.165) is 44.3 Å². The molecule has 8 rings (SSSR count). The highest BCUT2D eigenvalue weighted by Crippen LogP contribution is 2.49. The summed E-state index contributed by atoms with van der Waals surface area (Å²) >= 11 is 0. The zero-order valence-corrected chi connectivity index (χ0v) is 21.6. The Hall–Kier alpha value is -4.04. The second-order valence-electron chi connectivity index (χ2n) is 11.0. The van der Waals surface area contributed by atoms with Gasteiger partial charge in [0.15, 0.2) is 0 Å². The molecule has 0 radical (unpaired) electrons. The number of ether oxygens (including phenoxy) is 1. The lowest BCUT2D eigenvalue weighted by Gasteiger charge is -2.19. The van der Waals surface area contributed by atoms with Crippen molar-refractivity contribution in [3.05, 3.63) is 125 Å². The maximum Gasteiger partial charge on any atom is 0.133 e. The molecule has 4 aliphatic carbocycles. The predicted octanol–water partition coefficient (Wildman–Crippen LogP) is 9.03. The molecule has 0 N–H and O–H groups in total. The van der Waals surface area contributed by atoms with Crippen molar-refractivity contribution in [1.29, 1.82) is 0 Å². The summed E-state index contributed by atoms with van der Waals surface area (Å²) in [7, 11) is 0. The van der Waals surface area contributed by atoms with Gasteiger partial charge in [0.25, 0.3) is 0 Å². The van der Waals surface area contributed by atoms with Crippen LogP contribution in [0.4, 0.5) is 0 Å². The van der Waals surface area contributed by atoms with Crippen LogP contribution in [0.5, 0.6) is 5.75 Å². The van der Waals surface area contributed by atoms with Gasteiger partial charge in [0.1, 0.15) is 11.9 Å². The Labute approximate surface area is 224 Å². The summed E-state index contributed by atoms with van der Waals surface area (Å²) in [5.41, 5.74) is 12.1. The number of aryl methyl sites for hydroxylation is 1. The number of allylic oxidation sites excluding steroid dienone is 11. The van der Waals surface area contributed by atoms with E-state index in [2.05, 4.69) is 108 Å². The molecule has 38 heavy (non-hydrogen) atoms. The highest BCUT2D eigenvalue weighted by molar-refractivity contribution is 5.97. The van der Waals surface area contributed by atoms with Crippen molar-refractivity contribution in [1.82, 2.24) is 4.57 Å². The molecule has 1 aliphatic heterocycles. The molecule has 0 bridgehead atoms. The zero-order chi connectivity index (χ0) is 25.1. The van der Waals surface area contributed by atoms with Gasteiger partial charge < -0.3 is 9.30 Å². The van der Waals surface area contributed by atoms with E-state index < -0.39 is 0 Å². The lowest BCUT2D eigenvalue weighted by atomic mass is 9.90. The molecule has 5 aliphatic rings. The lowest BCUT2D eigenvalue weighted by Crippen LogP contribution is -2.15. The molecule has 0 fully saturated rings. The molecular weight excluding hydrogens is 462 g/mol. The largest absolute Gasteiger partial charge is 0.484 e. The fourth-order valence-corrected chi connectivity index (χ4v) is 6.89. The summed E-state index contributed by atoms with van der Waals surface area (Å²) in [5, 5.41) is 1.31. The van der Waals surface area contributed by atoms with E-state index in [1.165, 1.54) is 55.7 Å². The minimum absolute atomic E-state index is 0.103. The monoisotopic (exact) mass is 493 g/mol. The Morgan fingerprint density at radius 2 is 1.47 bits per heavy atom. The summed E-state index contributed by atoms with van der Waals surface area (Å²) < 4.78 is 9.17. The van der Waals surface area contributed by atoms with E-state index in [9.17, 15) is 0 Å². The maximum atomic E-state index is 6.67. The molecule has 186 valence electrons. The minimum atomic E-state index is 0.103. The SMILES string of the molecule is C1=CCCC(c2cc(C3=CC=CCC3)cc(-n3c4c(c5c6c(ccc53)C3C=CC=CC3O6)CCC=C4)c2)=C1. The fourth-order valence-electron chi connectivity index (χ4n) is 6.89. The molecule has 2 atom stereocenters. The quantitative estimate of drug-likeness (QED) is 0.355. The van der Waals surface area contributed by atoms with Crippen LogP contribution in [0.1, 0.15) is 66.0 Å². The van der Waals surface area contributed by atoms with E-state index in [-0.39, 0.29) is 6.10 Å². The standard InChI is InChI=1S/C36H31NO/c1-3-11-24(12-4-1)26-21-27(25-13-5-2-6-14-25)23-28(22-26)37-32-17-9-7-16-31(32)35-33(37)20-19-30-29-15-8-10-18-34(29)38-36(30)35/h1-3,5,8-11,13,15,17-23,29,34H,4,6-7,12,14,16H2. The third kappa shape index (κ3) is 3.40. The zero-order valence-electron chi connectivity index (χ0n) is 21.6. The topological polar surface area (TPSA) is 14.2 Å². The van der Waals surface area contributed by atoms with Gasteiger partial charge in [-0.05, 0) is 103 Å². The van der Waals surface area contributed by atoms with Crippen molar-refractivity contribution in [2.45, 2.75) is 50.5 Å². The number of hydrogen-bond acceptors (Lipinski definition) is 1. The molecule has 2 heteroatoms. The van der Waals surface area contributed by atoms with Crippen LogP contribution in [0.15, 0.2) is 97.2 Å². The third-order valence-corrected chi connectivity index (χ3v) is 8.74. The summed E-state index contributed by atoms with van der Waals surface area (Å²) in [6.45, 7) is 0. The van der Waals surface area contributed by atoms with Crippen LogP contribution in [0.25, 0.3) is 33.8 Å². The van der Waals surface area contributed by atoms with Crippen molar-refractivity contribution >= 4 is 28.1 Å². The van der Waals surface area contributed by atoms with Crippen molar-refractivity contribution < 1.29 is 4.74 Å². The summed E-state index contributed by atoms with van der Waals surface area (Å²) in [6.07, 6.45) is 33.6. The first-order valence-electron chi connectivity index (χ1n) is 14.1. The first kappa shape index (κ1) is 22.0. The van der Waals surface area contributed by atoms with Gasteiger partial charge in [-0.25, -0.2) is 0 Å². The summed E-state index contributed by atoms with van der Waals surface area (Å²) in [4.78, 5) is 0. The second kappa shape index (κ2) is 8.77. The Morgan fingerprint density at radius 1 is 0.737 bits per heavy atom. The van der Waals surface area contributed by atoms with E-state index >= 15 is 0 Å². The molecule has 3 aromatic rings. The molecule has 0 saturated heterocycles. The van der Waals surface area contributed by atoms with Crippen molar-refractivity contribution in [2.75, 3.05) is 0 Å². The molecule has 2 unspecified atom stereocenters. The molecule has 2 aromatic carbocycles. The van der Waals surface area contributed by atoms with Crippen LogP contribution in [-0.4, -0.2) is 10.7 Å². The van der Waals surface area contributed by atoms with Gasteiger partial charge in [-0.3, -0.25) is 0 Å². The Kier molecular flexibility index (Phi) is 5.07. The first-order chi connectivity index (χ1) is 18.8. The Balaban J connectivity index is 1.38. The minimum Gasteiger partial charge on any atom is -0.484 e. The third-order valence-electron chi connectivity index (χ3n) is 8.74. The van der Waals surface area contributed by atoms with E-state index in [1.54, 1.807) is 0 Å². The highest BCUT2D eigenvalue weighted by atomic mass is 16.5. The van der Waals surface area contributed by atoms with Gasteiger partial charge in [-0.2, -0.15) is 0 Å². The lowest BCUT2D eigenvalue weighted by molar-refractivity contribution is 0.271. The van der Waals surface area contributed by atoms with Gasteiger partial charge in [0.2, 0.25) is 0 Å². The predicted molar refractivity (Wildman–Crippen MR) is 159 cm³/mol. The van der Waals surface area contributed by atoms with Crippen LogP contribution in [0.3, 0.4) is 0 Å². The van der Waals surface area contributed by atoms with E-state index in [0.29, 0.717) is 5.92 Å². The molecule has 1 aromatic heterocycles.